The van der Waals surface area contributed by atoms with E-state index in [4.69, 9.17) is 14.2 Å². The summed E-state index contributed by atoms with van der Waals surface area (Å²) in [6.07, 6.45) is 0. The zero-order chi connectivity index (χ0) is 11.8. The van der Waals surface area contributed by atoms with Crippen LogP contribution in [0.2, 0.25) is 0 Å². The molecule has 88 valence electrons. The Kier molecular flexibility index (Phi) is 2.78. The van der Waals surface area contributed by atoms with Gasteiger partial charge in [0.1, 0.15) is 5.60 Å². The van der Waals surface area contributed by atoms with Crippen molar-refractivity contribution in [3.63, 3.8) is 0 Å². The maximum atomic E-state index is 5.69. The lowest BCUT2D eigenvalue weighted by molar-refractivity contribution is -0.221. The molecule has 0 bridgehead atoms. The normalized spacial score (nSPS) is 26.8. The first-order valence-electron chi connectivity index (χ1n) is 5.44. The van der Waals surface area contributed by atoms with Crippen molar-refractivity contribution in [1.82, 2.24) is 0 Å². The maximum absolute atomic E-state index is 5.69. The Hall–Kier alpha value is -0.900. The van der Waals surface area contributed by atoms with Crippen LogP contribution in [0.15, 0.2) is 24.3 Å². The summed E-state index contributed by atoms with van der Waals surface area (Å²) in [6.45, 7) is 6.46. The summed E-state index contributed by atoms with van der Waals surface area (Å²) in [5.41, 5.74) is 2.01. The molecule has 1 atom stereocenters. The number of hydrogen-bond acceptors (Lipinski definition) is 3. The van der Waals surface area contributed by atoms with E-state index in [9.17, 15) is 0 Å². The number of epoxide rings is 1. The number of ether oxygens (including phenoxy) is 3. The van der Waals surface area contributed by atoms with Crippen molar-refractivity contribution in [2.45, 2.75) is 39.0 Å². The van der Waals surface area contributed by atoms with E-state index in [-0.39, 0.29) is 5.60 Å². The minimum Gasteiger partial charge on any atom is -0.329 e. The molecule has 0 radical (unpaired) electrons. The molecule has 0 spiro atoms. The second-order valence-corrected chi connectivity index (χ2v) is 4.65. The van der Waals surface area contributed by atoms with E-state index in [2.05, 4.69) is 19.1 Å². The second kappa shape index (κ2) is 3.84. The van der Waals surface area contributed by atoms with Crippen LogP contribution in [0.5, 0.6) is 0 Å². The molecular formula is C13H18O3. The van der Waals surface area contributed by atoms with Crippen molar-refractivity contribution in [2.24, 2.45) is 0 Å². The Labute approximate surface area is 96.3 Å². The molecule has 1 fully saturated rings. The monoisotopic (exact) mass is 222 g/mol. The van der Waals surface area contributed by atoms with E-state index < -0.39 is 5.97 Å². The number of aryl methyl sites for hydroxylation is 1. The molecule has 0 aromatic heterocycles. The van der Waals surface area contributed by atoms with Crippen molar-refractivity contribution in [3.8, 4) is 0 Å². The summed E-state index contributed by atoms with van der Waals surface area (Å²) in [7, 11) is 1.60. The lowest BCUT2D eigenvalue weighted by Gasteiger charge is -2.14. The van der Waals surface area contributed by atoms with Crippen LogP contribution >= 0.6 is 0 Å². The van der Waals surface area contributed by atoms with Crippen LogP contribution in [-0.4, -0.2) is 18.7 Å². The quantitative estimate of drug-likeness (QED) is 0.579. The lowest BCUT2D eigenvalue weighted by atomic mass is 10.1. The highest BCUT2D eigenvalue weighted by Crippen LogP contribution is 2.49. The molecule has 0 saturated carbocycles. The zero-order valence-corrected chi connectivity index (χ0v) is 10.2. The third-order valence-electron chi connectivity index (χ3n) is 2.90. The molecule has 1 heterocycles. The first-order valence-corrected chi connectivity index (χ1v) is 5.44. The average molecular weight is 222 g/mol. The van der Waals surface area contributed by atoms with Gasteiger partial charge in [-0.1, -0.05) is 29.8 Å². The average Bonchev–Trinajstić information content (AvgIpc) is 2.81. The Balaban J connectivity index is 1.95. The fraction of sp³-hybridized carbons (Fsp3) is 0.538. The third-order valence-corrected chi connectivity index (χ3v) is 2.90. The molecule has 1 aliphatic heterocycles. The van der Waals surface area contributed by atoms with Crippen LogP contribution in [0.4, 0.5) is 0 Å². The Morgan fingerprint density at radius 1 is 1.19 bits per heavy atom. The lowest BCUT2D eigenvalue weighted by Crippen LogP contribution is -2.26. The SMILES string of the molecule is COC1(OCc2ccc(C)cc2)OC1(C)C. The predicted molar refractivity (Wildman–Crippen MR) is 60.9 cm³/mol. The van der Waals surface area contributed by atoms with Crippen molar-refractivity contribution in [3.05, 3.63) is 35.4 Å². The van der Waals surface area contributed by atoms with Gasteiger partial charge in [-0.25, -0.2) is 0 Å². The van der Waals surface area contributed by atoms with Crippen LogP contribution < -0.4 is 0 Å². The molecule has 3 nitrogen and oxygen atoms in total. The summed E-state index contributed by atoms with van der Waals surface area (Å²) in [6, 6.07) is 8.23. The summed E-state index contributed by atoms with van der Waals surface area (Å²) in [4.78, 5) is 0. The Morgan fingerprint density at radius 3 is 2.19 bits per heavy atom. The molecule has 1 aliphatic rings. The molecule has 16 heavy (non-hydrogen) atoms. The van der Waals surface area contributed by atoms with E-state index in [1.165, 1.54) is 5.56 Å². The zero-order valence-electron chi connectivity index (χ0n) is 10.2. The minimum atomic E-state index is -0.863. The molecule has 1 saturated heterocycles. The number of methoxy groups -OCH3 is 1. The van der Waals surface area contributed by atoms with Crippen molar-refractivity contribution in [2.75, 3.05) is 7.11 Å². The van der Waals surface area contributed by atoms with Crippen LogP contribution in [0, 0.1) is 6.92 Å². The first kappa shape index (κ1) is 11.6. The second-order valence-electron chi connectivity index (χ2n) is 4.65. The largest absolute Gasteiger partial charge is 0.329 e. The number of rotatable bonds is 4. The summed E-state index contributed by atoms with van der Waals surface area (Å²) in [5, 5.41) is 0. The van der Waals surface area contributed by atoms with Gasteiger partial charge in [0.15, 0.2) is 0 Å². The summed E-state index contributed by atoms with van der Waals surface area (Å²) in [5.74, 6) is -0.863. The molecule has 1 unspecified atom stereocenters. The van der Waals surface area contributed by atoms with Gasteiger partial charge >= 0.3 is 5.97 Å². The summed E-state index contributed by atoms with van der Waals surface area (Å²) >= 11 is 0. The van der Waals surface area contributed by atoms with E-state index in [0.29, 0.717) is 6.61 Å². The predicted octanol–water partition coefficient (Wildman–Crippen LogP) is 2.62. The van der Waals surface area contributed by atoms with Crippen LogP contribution in [0.25, 0.3) is 0 Å². The fourth-order valence-electron chi connectivity index (χ4n) is 1.72. The third kappa shape index (κ3) is 1.98. The van der Waals surface area contributed by atoms with Gasteiger partial charge in [0.2, 0.25) is 0 Å². The van der Waals surface area contributed by atoms with Gasteiger partial charge in [-0.05, 0) is 26.3 Å². The van der Waals surface area contributed by atoms with Crippen LogP contribution in [-0.2, 0) is 20.8 Å². The van der Waals surface area contributed by atoms with E-state index in [1.807, 2.05) is 26.0 Å². The topological polar surface area (TPSA) is 31.0 Å². The number of benzene rings is 1. The smallest absolute Gasteiger partial charge is 0.314 e. The number of hydrogen-bond donors (Lipinski definition) is 0. The van der Waals surface area contributed by atoms with Gasteiger partial charge in [0.25, 0.3) is 0 Å². The van der Waals surface area contributed by atoms with Crippen molar-refractivity contribution >= 4 is 0 Å². The fourth-order valence-corrected chi connectivity index (χ4v) is 1.72. The van der Waals surface area contributed by atoms with Crippen LogP contribution in [0.1, 0.15) is 25.0 Å². The molecular weight excluding hydrogens is 204 g/mol. The van der Waals surface area contributed by atoms with Gasteiger partial charge in [-0.15, -0.1) is 0 Å². The maximum Gasteiger partial charge on any atom is 0.314 e. The van der Waals surface area contributed by atoms with E-state index >= 15 is 0 Å². The highest BCUT2D eigenvalue weighted by molar-refractivity contribution is 5.20. The van der Waals surface area contributed by atoms with E-state index in [1.54, 1.807) is 7.11 Å². The van der Waals surface area contributed by atoms with Gasteiger partial charge < -0.3 is 14.2 Å². The molecule has 1 aromatic carbocycles. The molecule has 0 N–H and O–H groups in total. The molecule has 1 aromatic rings. The molecule has 0 amide bonds. The van der Waals surface area contributed by atoms with Gasteiger partial charge in [0.05, 0.1) is 6.61 Å². The Bertz CT molecular complexity index is 369. The standard InChI is InChI=1S/C13H18O3/c1-10-5-7-11(8-6-10)9-15-13(14-4)12(2,3)16-13/h5-8H,9H2,1-4H3. The molecule has 3 heteroatoms. The molecule has 2 rings (SSSR count). The molecule has 0 aliphatic carbocycles. The van der Waals surface area contributed by atoms with Gasteiger partial charge in [-0.2, -0.15) is 0 Å². The Morgan fingerprint density at radius 2 is 1.75 bits per heavy atom. The van der Waals surface area contributed by atoms with Crippen LogP contribution in [0.3, 0.4) is 0 Å². The summed E-state index contributed by atoms with van der Waals surface area (Å²) < 4.78 is 16.4. The van der Waals surface area contributed by atoms with Crippen molar-refractivity contribution < 1.29 is 14.2 Å². The van der Waals surface area contributed by atoms with E-state index in [0.717, 1.165) is 5.56 Å². The minimum absolute atomic E-state index is 0.355. The highest BCUT2D eigenvalue weighted by atomic mass is 17.0. The highest BCUT2D eigenvalue weighted by Gasteiger charge is 2.67. The van der Waals surface area contributed by atoms with Crippen molar-refractivity contribution in [1.29, 1.82) is 0 Å². The van der Waals surface area contributed by atoms with Gasteiger partial charge in [0, 0.05) is 7.11 Å². The first-order chi connectivity index (χ1) is 7.49. The van der Waals surface area contributed by atoms with Gasteiger partial charge in [-0.3, -0.25) is 0 Å².